The van der Waals surface area contributed by atoms with Crippen LogP contribution >= 0.6 is 11.8 Å². The quantitative estimate of drug-likeness (QED) is 0.785. The van der Waals surface area contributed by atoms with E-state index in [0.29, 0.717) is 6.42 Å². The standard InChI is InChI=1S/C14H14O3S/c1-10(15)17-11-7-8-13(16)14(9-11)18-12-5-3-2-4-6-12/h2-8,11,14H,9H2,1H3/t11-,14?/m1/s1. The fourth-order valence-corrected chi connectivity index (χ4v) is 2.91. The second kappa shape index (κ2) is 5.87. The van der Waals surface area contributed by atoms with Crippen LogP contribution in [0.1, 0.15) is 13.3 Å². The van der Waals surface area contributed by atoms with E-state index in [2.05, 4.69) is 0 Å². The van der Waals surface area contributed by atoms with E-state index in [1.54, 1.807) is 6.08 Å². The van der Waals surface area contributed by atoms with Gasteiger partial charge in [-0.25, -0.2) is 0 Å². The summed E-state index contributed by atoms with van der Waals surface area (Å²) >= 11 is 1.51. The van der Waals surface area contributed by atoms with Gasteiger partial charge in [-0.15, -0.1) is 11.8 Å². The fourth-order valence-electron chi connectivity index (χ4n) is 1.79. The molecule has 1 aliphatic carbocycles. The largest absolute Gasteiger partial charge is 0.458 e. The molecule has 4 heteroatoms. The Balaban J connectivity index is 2.02. The van der Waals surface area contributed by atoms with Gasteiger partial charge in [0.2, 0.25) is 0 Å². The van der Waals surface area contributed by atoms with Crippen LogP contribution in [0.3, 0.4) is 0 Å². The average molecular weight is 262 g/mol. The molecule has 0 aliphatic heterocycles. The van der Waals surface area contributed by atoms with Crippen molar-refractivity contribution < 1.29 is 14.3 Å². The molecule has 0 fully saturated rings. The predicted molar refractivity (Wildman–Crippen MR) is 70.4 cm³/mol. The van der Waals surface area contributed by atoms with Crippen LogP contribution in [0, 0.1) is 0 Å². The van der Waals surface area contributed by atoms with Crippen molar-refractivity contribution in [2.45, 2.75) is 29.6 Å². The van der Waals surface area contributed by atoms with E-state index < -0.39 is 0 Å². The zero-order valence-corrected chi connectivity index (χ0v) is 10.9. The molecular formula is C14H14O3S. The van der Waals surface area contributed by atoms with E-state index in [4.69, 9.17) is 4.74 Å². The van der Waals surface area contributed by atoms with Crippen molar-refractivity contribution >= 4 is 23.5 Å². The number of carbonyl (C=O) groups excluding carboxylic acids is 2. The summed E-state index contributed by atoms with van der Waals surface area (Å²) in [5.74, 6) is -0.241. The van der Waals surface area contributed by atoms with Crippen LogP contribution in [0.4, 0.5) is 0 Å². The first kappa shape index (κ1) is 12.9. The third-order valence-electron chi connectivity index (χ3n) is 2.58. The number of rotatable bonds is 3. The van der Waals surface area contributed by atoms with Gasteiger partial charge in [0, 0.05) is 18.2 Å². The highest BCUT2D eigenvalue weighted by molar-refractivity contribution is 8.00. The summed E-state index contributed by atoms with van der Waals surface area (Å²) in [6.45, 7) is 1.38. The van der Waals surface area contributed by atoms with Crippen LogP contribution in [0.2, 0.25) is 0 Å². The van der Waals surface area contributed by atoms with Gasteiger partial charge in [0.1, 0.15) is 6.10 Å². The Morgan fingerprint density at radius 1 is 1.33 bits per heavy atom. The molecule has 0 heterocycles. The SMILES string of the molecule is CC(=O)O[C@@H]1C=CC(=O)C(Sc2ccccc2)C1. The van der Waals surface area contributed by atoms with Gasteiger partial charge in [0.05, 0.1) is 5.25 Å². The molecule has 0 radical (unpaired) electrons. The van der Waals surface area contributed by atoms with Gasteiger partial charge in [-0.2, -0.15) is 0 Å². The van der Waals surface area contributed by atoms with Crippen LogP contribution in [-0.2, 0) is 14.3 Å². The van der Waals surface area contributed by atoms with Gasteiger partial charge in [-0.1, -0.05) is 18.2 Å². The number of esters is 1. The number of thioether (sulfide) groups is 1. The molecule has 0 aromatic heterocycles. The first-order valence-electron chi connectivity index (χ1n) is 5.76. The first-order chi connectivity index (χ1) is 8.65. The Morgan fingerprint density at radius 3 is 2.72 bits per heavy atom. The highest BCUT2D eigenvalue weighted by atomic mass is 32.2. The molecule has 18 heavy (non-hydrogen) atoms. The van der Waals surface area contributed by atoms with E-state index in [9.17, 15) is 9.59 Å². The number of benzene rings is 1. The molecule has 2 atom stereocenters. The zero-order valence-electron chi connectivity index (χ0n) is 10.0. The Bertz CT molecular complexity index is 467. The number of carbonyl (C=O) groups is 2. The van der Waals surface area contributed by atoms with Crippen molar-refractivity contribution in [2.75, 3.05) is 0 Å². The van der Waals surface area contributed by atoms with E-state index in [-0.39, 0.29) is 23.1 Å². The van der Waals surface area contributed by atoms with Crippen LogP contribution in [0.5, 0.6) is 0 Å². The Kier molecular flexibility index (Phi) is 4.20. The molecule has 0 amide bonds. The van der Waals surface area contributed by atoms with Gasteiger partial charge >= 0.3 is 5.97 Å². The smallest absolute Gasteiger partial charge is 0.303 e. The molecule has 0 spiro atoms. The van der Waals surface area contributed by atoms with Gasteiger partial charge in [-0.05, 0) is 24.3 Å². The van der Waals surface area contributed by atoms with E-state index >= 15 is 0 Å². The lowest BCUT2D eigenvalue weighted by molar-refractivity contribution is -0.145. The van der Waals surface area contributed by atoms with Gasteiger partial charge in [0.15, 0.2) is 5.78 Å². The monoisotopic (exact) mass is 262 g/mol. The lowest BCUT2D eigenvalue weighted by atomic mass is 10.0. The maximum atomic E-state index is 11.8. The van der Waals surface area contributed by atoms with Crippen molar-refractivity contribution in [3.05, 3.63) is 42.5 Å². The van der Waals surface area contributed by atoms with Crippen molar-refractivity contribution in [1.29, 1.82) is 0 Å². The van der Waals surface area contributed by atoms with E-state index in [1.165, 1.54) is 24.8 Å². The molecule has 1 aromatic carbocycles. The van der Waals surface area contributed by atoms with Crippen molar-refractivity contribution in [1.82, 2.24) is 0 Å². The summed E-state index contributed by atoms with van der Waals surface area (Å²) in [5, 5.41) is -0.179. The summed E-state index contributed by atoms with van der Waals surface area (Å²) in [6, 6.07) is 9.76. The third kappa shape index (κ3) is 3.47. The molecular weight excluding hydrogens is 248 g/mol. The maximum Gasteiger partial charge on any atom is 0.303 e. The Hall–Kier alpha value is -1.55. The Labute approximate surface area is 110 Å². The molecule has 2 rings (SSSR count). The van der Waals surface area contributed by atoms with E-state index in [0.717, 1.165) is 4.90 Å². The number of hydrogen-bond acceptors (Lipinski definition) is 4. The number of ether oxygens (including phenoxy) is 1. The topological polar surface area (TPSA) is 43.4 Å². The lowest BCUT2D eigenvalue weighted by Gasteiger charge is -2.22. The summed E-state index contributed by atoms with van der Waals surface area (Å²) in [7, 11) is 0. The third-order valence-corrected chi connectivity index (χ3v) is 3.83. The Morgan fingerprint density at radius 2 is 2.06 bits per heavy atom. The number of ketones is 1. The highest BCUT2D eigenvalue weighted by Crippen LogP contribution is 2.30. The molecule has 94 valence electrons. The summed E-state index contributed by atoms with van der Waals surface area (Å²) in [5.41, 5.74) is 0. The summed E-state index contributed by atoms with van der Waals surface area (Å²) in [4.78, 5) is 23.7. The molecule has 1 aromatic rings. The molecule has 3 nitrogen and oxygen atoms in total. The van der Waals surface area contributed by atoms with Crippen LogP contribution in [-0.4, -0.2) is 23.1 Å². The van der Waals surface area contributed by atoms with E-state index in [1.807, 2.05) is 30.3 Å². The van der Waals surface area contributed by atoms with Crippen molar-refractivity contribution in [3.8, 4) is 0 Å². The lowest BCUT2D eigenvalue weighted by Crippen LogP contribution is -2.28. The highest BCUT2D eigenvalue weighted by Gasteiger charge is 2.27. The molecule has 1 unspecified atom stereocenters. The number of allylic oxidation sites excluding steroid dienone is 1. The van der Waals surface area contributed by atoms with Gasteiger partial charge in [-0.3, -0.25) is 9.59 Å². The minimum Gasteiger partial charge on any atom is -0.458 e. The molecule has 0 saturated carbocycles. The molecule has 0 saturated heterocycles. The molecule has 0 N–H and O–H groups in total. The minimum absolute atomic E-state index is 0.0762. The van der Waals surface area contributed by atoms with Crippen LogP contribution < -0.4 is 0 Å². The molecule has 0 bridgehead atoms. The van der Waals surface area contributed by atoms with Crippen LogP contribution in [0.15, 0.2) is 47.4 Å². The van der Waals surface area contributed by atoms with Gasteiger partial charge in [0.25, 0.3) is 0 Å². The second-order valence-electron chi connectivity index (χ2n) is 4.06. The predicted octanol–water partition coefficient (Wildman–Crippen LogP) is 2.61. The summed E-state index contributed by atoms with van der Waals surface area (Å²) < 4.78 is 5.12. The maximum absolute atomic E-state index is 11.8. The normalized spacial score (nSPS) is 22.8. The van der Waals surface area contributed by atoms with Crippen molar-refractivity contribution in [3.63, 3.8) is 0 Å². The zero-order chi connectivity index (χ0) is 13.0. The van der Waals surface area contributed by atoms with Crippen molar-refractivity contribution in [2.24, 2.45) is 0 Å². The summed E-state index contributed by atoms with van der Waals surface area (Å²) in [6.07, 6.45) is 3.42. The first-order valence-corrected chi connectivity index (χ1v) is 6.64. The van der Waals surface area contributed by atoms with Crippen LogP contribution in [0.25, 0.3) is 0 Å². The fraction of sp³-hybridized carbons (Fsp3) is 0.286. The average Bonchev–Trinajstić information content (AvgIpc) is 2.34. The number of hydrogen-bond donors (Lipinski definition) is 0. The minimum atomic E-state index is -0.317. The van der Waals surface area contributed by atoms with Gasteiger partial charge < -0.3 is 4.74 Å². The second-order valence-corrected chi connectivity index (χ2v) is 5.34. The molecule has 1 aliphatic rings.